The smallest absolute Gasteiger partial charge is 0.286 e. The number of methoxy groups -OCH3 is 1. The third kappa shape index (κ3) is 3.14. The molecular weight excluding hydrogens is 351 g/mol. The van der Waals surface area contributed by atoms with E-state index in [-0.39, 0.29) is 33.7 Å². The van der Waals surface area contributed by atoms with E-state index in [2.05, 4.69) is 5.32 Å². The first-order valence-electron chi connectivity index (χ1n) is 7.07. The molecule has 128 valence electrons. The van der Waals surface area contributed by atoms with Crippen LogP contribution in [0.1, 0.15) is 20.9 Å². The Morgan fingerprint density at radius 3 is 2.52 bits per heavy atom. The third-order valence-electron chi connectivity index (χ3n) is 3.51. The first kappa shape index (κ1) is 16.8. The van der Waals surface area contributed by atoms with E-state index in [0.717, 1.165) is 12.1 Å². The van der Waals surface area contributed by atoms with E-state index in [4.69, 9.17) is 26.5 Å². The summed E-state index contributed by atoms with van der Waals surface area (Å²) < 4.78 is 24.3. The Kier molecular flexibility index (Phi) is 4.33. The molecule has 0 atom stereocenters. The quantitative estimate of drug-likeness (QED) is 0.741. The Morgan fingerprint density at radius 2 is 1.92 bits per heavy atom. The standard InChI is InChI=1S/C17H12ClFN2O4/c1-24-12-7-10(19)6-11-13(15(16(20)22)25-14(11)12)21-17(23)8-2-4-9(18)5-3-8/h2-7H,1H3,(H2,20,22)(H,21,23). The number of nitrogens with one attached hydrogen (secondary N) is 1. The first-order valence-corrected chi connectivity index (χ1v) is 7.45. The van der Waals surface area contributed by atoms with Crippen molar-refractivity contribution in [2.24, 2.45) is 5.73 Å². The maximum atomic E-state index is 13.8. The van der Waals surface area contributed by atoms with Gasteiger partial charge in [-0.25, -0.2) is 4.39 Å². The van der Waals surface area contributed by atoms with Crippen molar-refractivity contribution in [1.29, 1.82) is 0 Å². The van der Waals surface area contributed by atoms with E-state index < -0.39 is 17.6 Å². The highest BCUT2D eigenvalue weighted by Crippen LogP contribution is 2.37. The van der Waals surface area contributed by atoms with Crippen LogP contribution < -0.4 is 15.8 Å². The van der Waals surface area contributed by atoms with Crippen LogP contribution in [0.15, 0.2) is 40.8 Å². The number of rotatable bonds is 4. The Balaban J connectivity index is 2.12. The summed E-state index contributed by atoms with van der Waals surface area (Å²) in [5.41, 5.74) is 5.67. The van der Waals surface area contributed by atoms with Crippen molar-refractivity contribution in [1.82, 2.24) is 0 Å². The summed E-state index contributed by atoms with van der Waals surface area (Å²) in [4.78, 5) is 24.1. The van der Waals surface area contributed by atoms with Gasteiger partial charge in [-0.3, -0.25) is 9.59 Å². The molecule has 0 saturated carbocycles. The van der Waals surface area contributed by atoms with Crippen molar-refractivity contribution < 1.29 is 23.1 Å². The van der Waals surface area contributed by atoms with Crippen LogP contribution in [0.3, 0.4) is 0 Å². The number of hydrogen-bond acceptors (Lipinski definition) is 4. The van der Waals surface area contributed by atoms with E-state index in [9.17, 15) is 14.0 Å². The summed E-state index contributed by atoms with van der Waals surface area (Å²) in [5.74, 6) is -2.30. The molecule has 1 aromatic heterocycles. The Hall–Kier alpha value is -3.06. The van der Waals surface area contributed by atoms with Gasteiger partial charge in [-0.15, -0.1) is 0 Å². The normalized spacial score (nSPS) is 10.7. The number of primary amides is 1. The number of fused-ring (bicyclic) bond motifs is 1. The number of benzene rings is 2. The number of furan rings is 1. The molecule has 0 unspecified atom stereocenters. The van der Waals surface area contributed by atoms with Gasteiger partial charge in [-0.1, -0.05) is 11.6 Å². The second-order valence-corrected chi connectivity index (χ2v) is 5.55. The summed E-state index contributed by atoms with van der Waals surface area (Å²) in [5, 5.41) is 3.16. The minimum atomic E-state index is -0.912. The molecule has 3 rings (SSSR count). The maximum absolute atomic E-state index is 13.8. The number of carbonyl (C=O) groups is 2. The van der Waals surface area contributed by atoms with Crippen molar-refractivity contribution in [2.75, 3.05) is 12.4 Å². The number of anilines is 1. The molecule has 0 spiro atoms. The largest absolute Gasteiger partial charge is 0.493 e. The molecule has 0 saturated heterocycles. The molecular formula is C17H12ClFN2O4. The zero-order chi connectivity index (χ0) is 18.1. The third-order valence-corrected chi connectivity index (χ3v) is 3.76. The fourth-order valence-corrected chi connectivity index (χ4v) is 2.50. The molecule has 3 aromatic rings. The van der Waals surface area contributed by atoms with Crippen LogP contribution in [-0.4, -0.2) is 18.9 Å². The summed E-state index contributed by atoms with van der Waals surface area (Å²) in [6.07, 6.45) is 0. The molecule has 0 aliphatic heterocycles. The highest BCUT2D eigenvalue weighted by Gasteiger charge is 2.24. The number of amides is 2. The molecule has 1 heterocycles. The van der Waals surface area contributed by atoms with Gasteiger partial charge >= 0.3 is 0 Å². The average molecular weight is 363 g/mol. The second-order valence-electron chi connectivity index (χ2n) is 5.12. The molecule has 25 heavy (non-hydrogen) atoms. The number of hydrogen-bond donors (Lipinski definition) is 2. The summed E-state index contributed by atoms with van der Waals surface area (Å²) in [6, 6.07) is 8.31. The van der Waals surface area contributed by atoms with Crippen LogP contribution >= 0.6 is 11.6 Å². The molecule has 2 amide bonds. The van der Waals surface area contributed by atoms with Crippen LogP contribution in [0.5, 0.6) is 5.75 Å². The van der Waals surface area contributed by atoms with E-state index in [1.807, 2.05) is 0 Å². The van der Waals surface area contributed by atoms with Crippen LogP contribution in [0.2, 0.25) is 5.02 Å². The average Bonchev–Trinajstić information content (AvgIpc) is 2.93. The number of halogens is 2. The first-order chi connectivity index (χ1) is 11.9. The van der Waals surface area contributed by atoms with Crippen LogP contribution in [0.25, 0.3) is 11.0 Å². The Bertz CT molecular complexity index is 982. The fourth-order valence-electron chi connectivity index (χ4n) is 2.37. The molecule has 0 aliphatic carbocycles. The lowest BCUT2D eigenvalue weighted by Gasteiger charge is -2.05. The highest BCUT2D eigenvalue weighted by molar-refractivity contribution is 6.30. The van der Waals surface area contributed by atoms with Crippen LogP contribution in [-0.2, 0) is 0 Å². The van der Waals surface area contributed by atoms with Gasteiger partial charge < -0.3 is 20.2 Å². The van der Waals surface area contributed by atoms with Crippen molar-refractivity contribution in [2.45, 2.75) is 0 Å². The lowest BCUT2D eigenvalue weighted by atomic mass is 10.1. The van der Waals surface area contributed by atoms with E-state index in [1.165, 1.54) is 19.2 Å². The van der Waals surface area contributed by atoms with Crippen molar-refractivity contribution >= 4 is 40.1 Å². The van der Waals surface area contributed by atoms with Gasteiger partial charge in [0, 0.05) is 16.7 Å². The van der Waals surface area contributed by atoms with E-state index in [0.29, 0.717) is 5.02 Å². The van der Waals surface area contributed by atoms with Gasteiger partial charge in [0.1, 0.15) is 11.5 Å². The predicted molar refractivity (Wildman–Crippen MR) is 90.6 cm³/mol. The van der Waals surface area contributed by atoms with Gasteiger partial charge in [0.15, 0.2) is 11.3 Å². The molecule has 0 bridgehead atoms. The van der Waals surface area contributed by atoms with Crippen molar-refractivity contribution in [3.8, 4) is 5.75 Å². The lowest BCUT2D eigenvalue weighted by Crippen LogP contribution is -2.17. The zero-order valence-corrected chi connectivity index (χ0v) is 13.7. The minimum absolute atomic E-state index is 0.0275. The Morgan fingerprint density at radius 1 is 1.24 bits per heavy atom. The van der Waals surface area contributed by atoms with Crippen LogP contribution in [0, 0.1) is 5.82 Å². The molecule has 3 N–H and O–H groups in total. The van der Waals surface area contributed by atoms with Gasteiger partial charge in [-0.2, -0.15) is 0 Å². The highest BCUT2D eigenvalue weighted by atomic mass is 35.5. The van der Waals surface area contributed by atoms with Gasteiger partial charge in [-0.05, 0) is 30.3 Å². The van der Waals surface area contributed by atoms with Gasteiger partial charge in [0.2, 0.25) is 5.76 Å². The maximum Gasteiger partial charge on any atom is 0.286 e. The van der Waals surface area contributed by atoms with E-state index in [1.54, 1.807) is 12.1 Å². The predicted octanol–water partition coefficient (Wildman–Crippen LogP) is 3.59. The van der Waals surface area contributed by atoms with Gasteiger partial charge in [0.25, 0.3) is 11.8 Å². The topological polar surface area (TPSA) is 94.6 Å². The SMILES string of the molecule is COc1cc(F)cc2c(NC(=O)c3ccc(Cl)cc3)c(C(N)=O)oc12. The van der Waals surface area contributed by atoms with Crippen LogP contribution in [0.4, 0.5) is 10.1 Å². The summed E-state index contributed by atoms with van der Waals surface area (Å²) in [7, 11) is 1.33. The number of nitrogens with two attached hydrogens (primary N) is 1. The monoisotopic (exact) mass is 362 g/mol. The lowest BCUT2D eigenvalue weighted by molar-refractivity contribution is 0.0977. The van der Waals surface area contributed by atoms with E-state index >= 15 is 0 Å². The molecule has 2 aromatic carbocycles. The van der Waals surface area contributed by atoms with Gasteiger partial charge in [0.05, 0.1) is 12.5 Å². The molecule has 8 heteroatoms. The summed E-state index contributed by atoms with van der Waals surface area (Å²) >= 11 is 5.79. The fraction of sp³-hybridized carbons (Fsp3) is 0.0588. The van der Waals surface area contributed by atoms with Crippen molar-refractivity contribution in [3.63, 3.8) is 0 Å². The second kappa shape index (κ2) is 6.45. The molecule has 0 aliphatic rings. The molecule has 0 radical (unpaired) electrons. The van der Waals surface area contributed by atoms with Crippen molar-refractivity contribution in [3.05, 3.63) is 58.6 Å². The number of ether oxygens (including phenoxy) is 1. The minimum Gasteiger partial charge on any atom is -0.493 e. The Labute approximate surface area is 146 Å². The molecule has 6 nitrogen and oxygen atoms in total. The number of carbonyl (C=O) groups excluding carboxylic acids is 2. The zero-order valence-electron chi connectivity index (χ0n) is 12.9. The molecule has 0 fully saturated rings. The summed E-state index contributed by atoms with van der Waals surface area (Å²) in [6.45, 7) is 0.